The van der Waals surface area contributed by atoms with E-state index in [0.717, 1.165) is 58.9 Å². The molecule has 0 bridgehead atoms. The van der Waals surface area contributed by atoms with Crippen LogP contribution in [0, 0.1) is 0 Å². The minimum absolute atomic E-state index is 0.100. The molecule has 8 heteroatoms. The van der Waals surface area contributed by atoms with Gasteiger partial charge in [0.05, 0.1) is 81.1 Å². The summed E-state index contributed by atoms with van der Waals surface area (Å²) in [6.07, 6.45) is 8.78. The van der Waals surface area contributed by atoms with Crippen molar-refractivity contribution in [2.45, 2.75) is 66.2 Å². The first-order valence-electron chi connectivity index (χ1n) is 16.5. The van der Waals surface area contributed by atoms with Crippen molar-refractivity contribution in [2.24, 2.45) is 0 Å². The molecule has 8 nitrogen and oxygen atoms in total. The van der Waals surface area contributed by atoms with Crippen molar-refractivity contribution >= 4 is 21.9 Å². The van der Waals surface area contributed by atoms with Crippen molar-refractivity contribution in [2.75, 3.05) is 75.7 Å². The molecule has 0 atom stereocenters. The van der Waals surface area contributed by atoms with Crippen LogP contribution in [-0.4, -0.2) is 89.8 Å². The number of hydrogen-bond donors (Lipinski definition) is 1. The molecule has 2 aromatic carbocycles. The molecule has 46 heavy (non-hydrogen) atoms. The Morgan fingerprint density at radius 2 is 1.22 bits per heavy atom. The molecule has 0 saturated carbocycles. The Hall–Kier alpha value is -3.49. The lowest BCUT2D eigenvalue weighted by Crippen LogP contribution is -2.35. The molecule has 1 N–H and O–H groups in total. The third-order valence-electron chi connectivity index (χ3n) is 7.91. The maximum atomic E-state index is 14.3. The van der Waals surface area contributed by atoms with E-state index in [0.29, 0.717) is 65.4 Å². The Balaban J connectivity index is 2.17. The third-order valence-corrected chi connectivity index (χ3v) is 7.91. The van der Waals surface area contributed by atoms with E-state index >= 15 is 0 Å². The van der Waals surface area contributed by atoms with Gasteiger partial charge in [-0.3, -0.25) is 4.79 Å². The standard InChI is InChI=1S/C38H57N2O6/c1-26(2)16-18-28-30(44-22-14-12-20-39(5,6)7)24-32-35(36(28)41)37(42)34-29(19-17-27(3)4)38(43-11)33(25-31(34)46-32)45-23-15-13-21-40(8,9)10/h16-17,24-25H,12-15,18-23H2,1-11H3/q+1/p+1. The lowest BCUT2D eigenvalue weighted by Gasteiger charge is -2.23. The quantitative estimate of drug-likeness (QED) is 0.0718. The van der Waals surface area contributed by atoms with Gasteiger partial charge < -0.3 is 32.7 Å². The summed E-state index contributed by atoms with van der Waals surface area (Å²) in [4.78, 5) is 14.3. The van der Waals surface area contributed by atoms with Crippen molar-refractivity contribution in [1.82, 2.24) is 0 Å². The minimum atomic E-state index is -0.299. The fraction of sp³-hybridized carbons (Fsp3) is 0.553. The largest absolute Gasteiger partial charge is 0.507 e. The number of hydrogen-bond acceptors (Lipinski definition) is 6. The average Bonchev–Trinajstić information content (AvgIpc) is 2.93. The number of benzene rings is 2. The molecule has 0 amide bonds. The number of aromatic hydroxyl groups is 1. The number of quaternary nitrogens is 2. The van der Waals surface area contributed by atoms with Gasteiger partial charge in [-0.2, -0.15) is 0 Å². The number of allylic oxidation sites excluding steroid dienone is 4. The summed E-state index contributed by atoms with van der Waals surface area (Å²) < 4.78 is 26.7. The molecule has 0 unspecified atom stereocenters. The van der Waals surface area contributed by atoms with Crippen LogP contribution in [0.15, 0.2) is 44.6 Å². The molecule has 1 aromatic heterocycles. The molecule has 3 rings (SSSR count). The number of nitrogens with zero attached hydrogens (tertiary/aromatic N) is 2. The lowest BCUT2D eigenvalue weighted by atomic mass is 9.98. The fourth-order valence-electron chi connectivity index (χ4n) is 5.41. The van der Waals surface area contributed by atoms with Gasteiger partial charge in [0.25, 0.3) is 0 Å². The fourth-order valence-corrected chi connectivity index (χ4v) is 5.41. The number of methoxy groups -OCH3 is 1. The van der Waals surface area contributed by atoms with Crippen LogP contribution in [0.3, 0.4) is 0 Å². The van der Waals surface area contributed by atoms with Crippen LogP contribution in [0.5, 0.6) is 23.0 Å². The second kappa shape index (κ2) is 15.9. The average molecular weight is 639 g/mol. The van der Waals surface area contributed by atoms with Gasteiger partial charge in [-0.1, -0.05) is 23.3 Å². The molecule has 0 fully saturated rings. The maximum absolute atomic E-state index is 14.3. The molecule has 0 aliphatic heterocycles. The number of phenolic OH excluding ortho intramolecular Hbond substituents is 1. The van der Waals surface area contributed by atoms with E-state index in [2.05, 4.69) is 48.4 Å². The highest BCUT2D eigenvalue weighted by Crippen LogP contribution is 2.41. The summed E-state index contributed by atoms with van der Waals surface area (Å²) in [7, 11) is 14.7. The summed E-state index contributed by atoms with van der Waals surface area (Å²) in [5.41, 5.74) is 3.86. The predicted octanol–water partition coefficient (Wildman–Crippen LogP) is 7.41. The van der Waals surface area contributed by atoms with Crippen LogP contribution in [0.2, 0.25) is 0 Å². The number of ether oxygens (including phenoxy) is 3. The predicted molar refractivity (Wildman–Crippen MR) is 190 cm³/mol. The summed E-state index contributed by atoms with van der Waals surface area (Å²) in [6.45, 7) is 11.2. The van der Waals surface area contributed by atoms with Gasteiger partial charge in [0.1, 0.15) is 28.1 Å². The Morgan fingerprint density at radius 3 is 1.72 bits per heavy atom. The normalized spacial score (nSPS) is 12.0. The monoisotopic (exact) mass is 638 g/mol. The van der Waals surface area contributed by atoms with Crippen LogP contribution in [0.25, 0.3) is 21.9 Å². The maximum Gasteiger partial charge on any atom is 0.204 e. The third kappa shape index (κ3) is 10.3. The van der Waals surface area contributed by atoms with Gasteiger partial charge in [0.2, 0.25) is 5.43 Å². The Kier molecular flexibility index (Phi) is 12.8. The van der Waals surface area contributed by atoms with E-state index in [1.54, 1.807) is 19.2 Å². The van der Waals surface area contributed by atoms with E-state index in [4.69, 9.17) is 18.6 Å². The number of fused-ring (bicyclic) bond motifs is 2. The van der Waals surface area contributed by atoms with Crippen molar-refractivity contribution < 1.29 is 32.7 Å². The van der Waals surface area contributed by atoms with Gasteiger partial charge >= 0.3 is 0 Å². The van der Waals surface area contributed by atoms with E-state index < -0.39 is 0 Å². The topological polar surface area (TPSA) is 78.1 Å². The Labute approximate surface area is 276 Å². The first kappa shape index (κ1) is 37.0. The van der Waals surface area contributed by atoms with E-state index in [-0.39, 0.29) is 22.1 Å². The van der Waals surface area contributed by atoms with E-state index in [9.17, 15) is 9.90 Å². The smallest absolute Gasteiger partial charge is 0.204 e. The Bertz CT molecular complexity index is 1610. The highest BCUT2D eigenvalue weighted by molar-refractivity contribution is 5.98. The first-order chi connectivity index (χ1) is 21.5. The molecule has 0 aliphatic rings. The lowest BCUT2D eigenvalue weighted by molar-refractivity contribution is -0.870. The second-order valence-corrected chi connectivity index (χ2v) is 14.9. The van der Waals surface area contributed by atoms with Gasteiger partial charge in [-0.15, -0.1) is 0 Å². The molecule has 1 heterocycles. The zero-order valence-corrected chi connectivity index (χ0v) is 30.3. The van der Waals surface area contributed by atoms with Crippen LogP contribution in [0.4, 0.5) is 0 Å². The van der Waals surface area contributed by atoms with Crippen LogP contribution < -0.4 is 19.6 Å². The van der Waals surface area contributed by atoms with Crippen LogP contribution in [-0.2, 0) is 12.8 Å². The van der Waals surface area contributed by atoms with E-state index in [1.165, 1.54) is 0 Å². The zero-order valence-electron chi connectivity index (χ0n) is 30.3. The molecule has 3 aromatic rings. The van der Waals surface area contributed by atoms with Gasteiger partial charge in [-0.05, 0) is 66.2 Å². The van der Waals surface area contributed by atoms with Crippen LogP contribution in [0.1, 0.15) is 64.5 Å². The SMILES string of the molecule is COc1c(OCCCC[N+](C)(C)C)cc2oc3cc(OCCCC[N+](C)(C)C)c(CC=C(C)C)c(O)c3c(=O)c2c1CC=C(C)C. The zero-order chi connectivity index (χ0) is 34.2. The molecule has 0 saturated heterocycles. The number of rotatable bonds is 17. The number of phenols is 1. The van der Waals surface area contributed by atoms with Crippen molar-refractivity contribution in [3.05, 3.63) is 56.8 Å². The molecular formula is C38H58N2O6+2. The highest BCUT2D eigenvalue weighted by Gasteiger charge is 2.24. The van der Waals surface area contributed by atoms with E-state index in [1.807, 2.05) is 33.8 Å². The summed E-state index contributed by atoms with van der Waals surface area (Å²) in [6, 6.07) is 3.51. The summed E-state index contributed by atoms with van der Waals surface area (Å²) >= 11 is 0. The number of unbranched alkanes of at least 4 members (excludes halogenated alkanes) is 2. The van der Waals surface area contributed by atoms with Crippen molar-refractivity contribution in [3.8, 4) is 23.0 Å². The van der Waals surface area contributed by atoms with Gasteiger partial charge in [0, 0.05) is 23.3 Å². The highest BCUT2D eigenvalue weighted by atomic mass is 16.5. The Morgan fingerprint density at radius 1 is 0.739 bits per heavy atom. The first-order valence-corrected chi connectivity index (χ1v) is 16.5. The van der Waals surface area contributed by atoms with Gasteiger partial charge in [0.15, 0.2) is 11.5 Å². The molecule has 254 valence electrons. The molecule has 0 radical (unpaired) electrons. The minimum Gasteiger partial charge on any atom is -0.507 e. The molecule has 0 spiro atoms. The van der Waals surface area contributed by atoms with Crippen molar-refractivity contribution in [1.29, 1.82) is 0 Å². The second-order valence-electron chi connectivity index (χ2n) is 14.9. The summed E-state index contributed by atoms with van der Waals surface area (Å²) in [5, 5.41) is 12.2. The molecular weight excluding hydrogens is 580 g/mol. The van der Waals surface area contributed by atoms with Crippen LogP contribution >= 0.6 is 0 Å². The molecule has 0 aliphatic carbocycles. The van der Waals surface area contributed by atoms with Crippen molar-refractivity contribution in [3.63, 3.8) is 0 Å². The van der Waals surface area contributed by atoms with Gasteiger partial charge in [-0.25, -0.2) is 0 Å². The summed E-state index contributed by atoms with van der Waals surface area (Å²) in [5.74, 6) is 1.48.